The Morgan fingerprint density at radius 3 is 2.48 bits per heavy atom. The number of fused-ring (bicyclic) bond motifs is 1. The molecule has 4 aromatic rings. The summed E-state index contributed by atoms with van der Waals surface area (Å²) in [4.78, 5) is 36.3. The van der Waals surface area contributed by atoms with E-state index in [0.717, 1.165) is 23.1 Å². The summed E-state index contributed by atoms with van der Waals surface area (Å²) >= 11 is 0. The number of H-pyrrole nitrogens is 1. The number of nitrogens with one attached hydrogen (secondary N) is 1. The topological polar surface area (TPSA) is 105 Å². The zero-order valence-corrected chi connectivity index (χ0v) is 23.3. The van der Waals surface area contributed by atoms with Crippen LogP contribution in [0.15, 0.2) is 66.2 Å². The van der Waals surface area contributed by atoms with E-state index in [4.69, 9.17) is 9.47 Å². The molecule has 1 fully saturated rings. The fraction of sp³-hybridized carbons (Fsp3) is 0.281. The highest BCUT2D eigenvalue weighted by Crippen LogP contribution is 2.42. The van der Waals surface area contributed by atoms with Gasteiger partial charge in [0.25, 0.3) is 5.78 Å². The van der Waals surface area contributed by atoms with Gasteiger partial charge in [-0.1, -0.05) is 25.1 Å². The number of aliphatic hydroxyl groups is 1. The lowest BCUT2D eigenvalue weighted by Gasteiger charge is -2.23. The first-order chi connectivity index (χ1) is 19.2. The number of aryl methyl sites for hydroxylation is 2. The molecule has 1 aromatic heterocycles. The summed E-state index contributed by atoms with van der Waals surface area (Å²) < 4.78 is 11.6. The second kappa shape index (κ2) is 10.9. The van der Waals surface area contributed by atoms with Crippen molar-refractivity contribution >= 4 is 34.4 Å². The Labute approximate surface area is 233 Å². The maximum atomic E-state index is 13.6. The van der Waals surface area contributed by atoms with Crippen LogP contribution in [0.1, 0.15) is 55.5 Å². The van der Waals surface area contributed by atoms with Crippen molar-refractivity contribution in [2.45, 2.75) is 53.2 Å². The largest absolute Gasteiger partial charge is 0.507 e. The predicted octanol–water partition coefficient (Wildman–Crippen LogP) is 6.38. The van der Waals surface area contributed by atoms with Gasteiger partial charge in [0.2, 0.25) is 5.95 Å². The lowest BCUT2D eigenvalue weighted by molar-refractivity contribution is -0.132. The summed E-state index contributed by atoms with van der Waals surface area (Å²) in [5.41, 5.74) is 4.29. The average Bonchev–Trinajstić information content (AvgIpc) is 3.45. The molecule has 1 saturated heterocycles. The highest BCUT2D eigenvalue weighted by Gasteiger charge is 2.48. The summed E-state index contributed by atoms with van der Waals surface area (Å²) in [7, 11) is 0. The van der Waals surface area contributed by atoms with Crippen LogP contribution in [0.2, 0.25) is 0 Å². The summed E-state index contributed by atoms with van der Waals surface area (Å²) in [6.45, 7) is 10.3. The molecule has 5 rings (SSSR count). The Kier molecular flexibility index (Phi) is 7.34. The lowest BCUT2D eigenvalue weighted by Crippen LogP contribution is -2.30. The van der Waals surface area contributed by atoms with E-state index in [1.165, 1.54) is 4.90 Å². The molecular formula is C32H33N3O5. The number of rotatable bonds is 8. The van der Waals surface area contributed by atoms with Gasteiger partial charge in [0.1, 0.15) is 17.3 Å². The molecule has 206 valence electrons. The Morgan fingerprint density at radius 2 is 1.80 bits per heavy atom. The van der Waals surface area contributed by atoms with Crippen molar-refractivity contribution < 1.29 is 24.2 Å². The molecule has 0 saturated carbocycles. The maximum absolute atomic E-state index is 13.6. The summed E-state index contributed by atoms with van der Waals surface area (Å²) in [6.07, 6.45) is 0.857. The highest BCUT2D eigenvalue weighted by atomic mass is 16.5. The maximum Gasteiger partial charge on any atom is 0.302 e. The van der Waals surface area contributed by atoms with Gasteiger partial charge < -0.3 is 19.6 Å². The van der Waals surface area contributed by atoms with E-state index in [1.54, 1.807) is 42.5 Å². The molecule has 3 aromatic carbocycles. The van der Waals surface area contributed by atoms with E-state index in [-0.39, 0.29) is 23.4 Å². The molecule has 0 bridgehead atoms. The van der Waals surface area contributed by atoms with E-state index in [1.807, 2.05) is 52.8 Å². The minimum Gasteiger partial charge on any atom is -0.507 e. The predicted molar refractivity (Wildman–Crippen MR) is 155 cm³/mol. The van der Waals surface area contributed by atoms with Gasteiger partial charge in [-0.2, -0.15) is 0 Å². The van der Waals surface area contributed by atoms with Crippen LogP contribution in [0.3, 0.4) is 0 Å². The normalized spacial score (nSPS) is 16.8. The van der Waals surface area contributed by atoms with Gasteiger partial charge in [-0.15, -0.1) is 0 Å². The first-order valence-corrected chi connectivity index (χ1v) is 13.5. The Morgan fingerprint density at radius 1 is 1.05 bits per heavy atom. The Hall–Kier alpha value is -4.59. The number of nitrogens with zero attached hydrogens (tertiary/aromatic N) is 2. The van der Waals surface area contributed by atoms with Crippen LogP contribution in [0.25, 0.3) is 16.8 Å². The van der Waals surface area contributed by atoms with Crippen molar-refractivity contribution in [3.05, 3.63) is 88.5 Å². The number of ether oxygens (including phenoxy) is 2. The van der Waals surface area contributed by atoms with E-state index < -0.39 is 17.7 Å². The molecule has 1 atom stereocenters. The Bertz CT molecular complexity index is 1620. The van der Waals surface area contributed by atoms with Gasteiger partial charge in [-0.3, -0.25) is 14.5 Å². The van der Waals surface area contributed by atoms with Crippen molar-refractivity contribution in [2.75, 3.05) is 11.5 Å². The van der Waals surface area contributed by atoms with Gasteiger partial charge in [0.05, 0.1) is 35.4 Å². The van der Waals surface area contributed by atoms with Crippen LogP contribution in [-0.4, -0.2) is 39.5 Å². The number of aliphatic hydroxyl groups excluding tert-OH is 1. The second-order valence-corrected chi connectivity index (χ2v) is 10.3. The first kappa shape index (κ1) is 27.0. The molecule has 8 heteroatoms. The van der Waals surface area contributed by atoms with Crippen molar-refractivity contribution in [3.63, 3.8) is 0 Å². The molecule has 0 spiro atoms. The number of benzene rings is 3. The second-order valence-electron chi connectivity index (χ2n) is 10.3. The molecule has 0 aliphatic carbocycles. The van der Waals surface area contributed by atoms with Crippen LogP contribution >= 0.6 is 0 Å². The fourth-order valence-electron chi connectivity index (χ4n) is 4.92. The lowest BCUT2D eigenvalue weighted by atomic mass is 9.94. The molecule has 1 amide bonds. The number of imidazole rings is 1. The summed E-state index contributed by atoms with van der Waals surface area (Å²) in [5.74, 6) is -0.226. The SMILES string of the molecule is CCCOc1ccc(/C(O)=C2\C(=O)C(=O)N(c3nc4ccc(C)cc4[nH]3)C2c2ccc(OC(C)C)cc2)cc1C. The number of anilines is 1. The number of carbonyl (C=O) groups excluding carboxylic acids is 2. The number of Topliss-reactive ketones (excluding diaryl/α,β-unsaturated/α-hetero) is 1. The third-order valence-corrected chi connectivity index (χ3v) is 6.78. The number of ketones is 1. The van der Waals surface area contributed by atoms with Gasteiger partial charge >= 0.3 is 5.91 Å². The van der Waals surface area contributed by atoms with Gasteiger partial charge in [-0.05, 0) is 93.3 Å². The van der Waals surface area contributed by atoms with Crippen molar-refractivity contribution in [1.29, 1.82) is 0 Å². The number of amides is 1. The molecule has 0 radical (unpaired) electrons. The number of hydrogen-bond acceptors (Lipinski definition) is 6. The molecule has 2 N–H and O–H groups in total. The third-order valence-electron chi connectivity index (χ3n) is 6.78. The molecule has 1 aliphatic rings. The number of carbonyl (C=O) groups is 2. The number of aromatic nitrogens is 2. The smallest absolute Gasteiger partial charge is 0.302 e. The van der Waals surface area contributed by atoms with Gasteiger partial charge in [0.15, 0.2) is 0 Å². The zero-order valence-electron chi connectivity index (χ0n) is 23.3. The molecule has 1 unspecified atom stereocenters. The number of aromatic amines is 1. The number of hydrogen-bond donors (Lipinski definition) is 2. The van der Waals surface area contributed by atoms with Crippen LogP contribution in [0, 0.1) is 13.8 Å². The zero-order chi connectivity index (χ0) is 28.6. The monoisotopic (exact) mass is 539 g/mol. The van der Waals surface area contributed by atoms with E-state index in [0.29, 0.717) is 34.7 Å². The van der Waals surface area contributed by atoms with Crippen LogP contribution in [0.5, 0.6) is 11.5 Å². The fourth-order valence-corrected chi connectivity index (χ4v) is 4.92. The van der Waals surface area contributed by atoms with E-state index in [2.05, 4.69) is 9.97 Å². The minimum absolute atomic E-state index is 0.0111. The van der Waals surface area contributed by atoms with E-state index >= 15 is 0 Å². The third kappa shape index (κ3) is 5.04. The minimum atomic E-state index is -0.911. The van der Waals surface area contributed by atoms with Gasteiger partial charge in [-0.25, -0.2) is 4.98 Å². The van der Waals surface area contributed by atoms with Crippen LogP contribution in [0.4, 0.5) is 5.95 Å². The quantitative estimate of drug-likeness (QED) is 0.153. The van der Waals surface area contributed by atoms with Gasteiger partial charge in [0, 0.05) is 5.56 Å². The van der Waals surface area contributed by atoms with Crippen LogP contribution < -0.4 is 14.4 Å². The summed E-state index contributed by atoms with van der Waals surface area (Å²) in [6, 6.07) is 17.2. The molecule has 40 heavy (non-hydrogen) atoms. The van der Waals surface area contributed by atoms with Crippen LogP contribution in [-0.2, 0) is 9.59 Å². The van der Waals surface area contributed by atoms with E-state index in [9.17, 15) is 14.7 Å². The standard InChI is InChI=1S/C32H33N3O5/c1-6-15-39-26-14-10-22(17-20(26)5)29(36)27-28(21-8-11-23(12-9-21)40-18(2)3)35(31(38)30(27)37)32-33-24-13-7-19(4)16-25(24)34-32/h7-14,16-18,28,36H,6,15H2,1-5H3,(H,33,34)/b29-27+. The average molecular weight is 540 g/mol. The Balaban J connectivity index is 1.65. The summed E-state index contributed by atoms with van der Waals surface area (Å²) in [5, 5.41) is 11.5. The highest BCUT2D eigenvalue weighted by molar-refractivity contribution is 6.51. The van der Waals surface area contributed by atoms with Crippen molar-refractivity contribution in [2.24, 2.45) is 0 Å². The van der Waals surface area contributed by atoms with Crippen molar-refractivity contribution in [1.82, 2.24) is 9.97 Å². The molecular weight excluding hydrogens is 506 g/mol. The first-order valence-electron chi connectivity index (χ1n) is 13.5. The molecule has 2 heterocycles. The van der Waals surface area contributed by atoms with Crippen molar-refractivity contribution in [3.8, 4) is 11.5 Å². The molecule has 1 aliphatic heterocycles. The molecule has 8 nitrogen and oxygen atoms in total.